The molecule has 2 N–H and O–H groups in total. The molecular formula is C20H16ClN2O5S-. The summed E-state index contributed by atoms with van der Waals surface area (Å²) >= 11 is 6.02. The summed E-state index contributed by atoms with van der Waals surface area (Å²) in [5, 5.41) is 19.9. The van der Waals surface area contributed by atoms with Crippen molar-refractivity contribution in [3.8, 4) is 0 Å². The molecule has 0 aliphatic rings. The van der Waals surface area contributed by atoms with E-state index in [-0.39, 0.29) is 32.0 Å². The van der Waals surface area contributed by atoms with Gasteiger partial charge in [0, 0.05) is 22.7 Å². The number of sulfonamides is 1. The zero-order valence-corrected chi connectivity index (χ0v) is 16.5. The minimum atomic E-state index is -4.16. The zero-order valence-electron chi connectivity index (χ0n) is 14.9. The molecule has 0 saturated heterocycles. The number of benzene rings is 3. The first-order valence-electron chi connectivity index (χ1n) is 8.41. The lowest BCUT2D eigenvalue weighted by molar-refractivity contribution is -0.0493. The molecule has 3 aromatic rings. The molecule has 3 aromatic carbocycles. The molecule has 0 radical (unpaired) electrons. The molecule has 150 valence electrons. The maximum atomic E-state index is 12.9. The van der Waals surface area contributed by atoms with E-state index in [1.54, 1.807) is 36.4 Å². The van der Waals surface area contributed by atoms with E-state index in [1.807, 2.05) is 0 Å². The van der Waals surface area contributed by atoms with Gasteiger partial charge < -0.3 is 10.4 Å². The highest BCUT2D eigenvalue weighted by molar-refractivity contribution is 7.92. The van der Waals surface area contributed by atoms with E-state index in [1.165, 1.54) is 36.4 Å². The van der Waals surface area contributed by atoms with E-state index in [0.717, 1.165) is 0 Å². The number of hydroxylamine groups is 2. The van der Waals surface area contributed by atoms with Crippen LogP contribution in [0.5, 0.6) is 0 Å². The summed E-state index contributed by atoms with van der Waals surface area (Å²) in [6.07, 6.45) is 0. The molecule has 0 fully saturated rings. The van der Waals surface area contributed by atoms with Gasteiger partial charge in [0.2, 0.25) is 0 Å². The van der Waals surface area contributed by atoms with Crippen molar-refractivity contribution in [1.82, 2.24) is 5.23 Å². The van der Waals surface area contributed by atoms with E-state index in [4.69, 9.17) is 16.8 Å². The Morgan fingerprint density at radius 2 is 1.69 bits per heavy atom. The Morgan fingerprint density at radius 1 is 1.03 bits per heavy atom. The van der Waals surface area contributed by atoms with Gasteiger partial charge in [-0.25, -0.2) is 8.42 Å². The maximum Gasteiger partial charge on any atom is 0.262 e. The summed E-state index contributed by atoms with van der Waals surface area (Å²) in [4.78, 5) is 12.7. The molecule has 0 unspecified atom stereocenters. The van der Waals surface area contributed by atoms with Crippen LogP contribution in [0.1, 0.15) is 21.5 Å². The number of carbonyl (C=O) groups excluding carboxylic acids is 1. The third kappa shape index (κ3) is 5.00. The molecule has 0 bridgehead atoms. The second-order valence-corrected chi connectivity index (χ2v) is 8.20. The molecule has 9 heteroatoms. The average molecular weight is 432 g/mol. The fourth-order valence-corrected chi connectivity index (χ4v) is 4.27. The van der Waals surface area contributed by atoms with Gasteiger partial charge in [-0.1, -0.05) is 60.1 Å². The van der Waals surface area contributed by atoms with Crippen molar-refractivity contribution in [1.29, 1.82) is 0 Å². The van der Waals surface area contributed by atoms with Gasteiger partial charge in [-0.2, -0.15) is 0 Å². The average Bonchev–Trinajstić information content (AvgIpc) is 2.69. The van der Waals surface area contributed by atoms with Crippen molar-refractivity contribution in [2.75, 3.05) is 4.72 Å². The van der Waals surface area contributed by atoms with Crippen LogP contribution in [0.15, 0.2) is 77.7 Å². The normalized spacial score (nSPS) is 11.4. The summed E-state index contributed by atoms with van der Waals surface area (Å²) in [7, 11) is -4.16. The van der Waals surface area contributed by atoms with Crippen molar-refractivity contribution in [2.45, 2.75) is 11.4 Å². The monoisotopic (exact) mass is 431 g/mol. The van der Waals surface area contributed by atoms with Crippen LogP contribution in [-0.4, -0.2) is 24.6 Å². The quantitative estimate of drug-likeness (QED) is 0.431. The first-order valence-corrected chi connectivity index (χ1v) is 10.3. The first-order chi connectivity index (χ1) is 13.8. The standard InChI is InChI=1S/C20H16ClN2O5S/c21-16-10-11-18(17(12-16)20(24)14-6-2-1-3-7-14)22-29(27,28)19-9-5-4-8-15(19)13-23(25)26/h1-12,22,25H,13H2/q-1. The zero-order chi connectivity index (χ0) is 21.0. The van der Waals surface area contributed by atoms with Crippen molar-refractivity contribution in [2.24, 2.45) is 0 Å². The fraction of sp³-hybridized carbons (Fsp3) is 0.0500. The molecule has 7 nitrogen and oxygen atoms in total. The maximum absolute atomic E-state index is 12.9. The van der Waals surface area contributed by atoms with Crippen molar-refractivity contribution < 1.29 is 18.4 Å². The lowest BCUT2D eigenvalue weighted by Crippen LogP contribution is -2.19. The highest BCUT2D eigenvalue weighted by Crippen LogP contribution is 2.27. The Morgan fingerprint density at radius 3 is 2.38 bits per heavy atom. The predicted molar refractivity (Wildman–Crippen MR) is 109 cm³/mol. The Kier molecular flexibility index (Phi) is 6.31. The van der Waals surface area contributed by atoms with Gasteiger partial charge >= 0.3 is 0 Å². The summed E-state index contributed by atoms with van der Waals surface area (Å²) in [5.74, 6) is -0.403. The van der Waals surface area contributed by atoms with E-state index in [9.17, 15) is 18.4 Å². The SMILES string of the molecule is O=C(c1ccccc1)c1cc(Cl)ccc1NS(=O)(=O)c1ccccc1CN([O-])O. The van der Waals surface area contributed by atoms with Crippen LogP contribution in [0.2, 0.25) is 5.02 Å². The largest absolute Gasteiger partial charge is 0.762 e. The Labute approximate surface area is 172 Å². The number of anilines is 1. The molecule has 0 spiro atoms. The van der Waals surface area contributed by atoms with E-state index in [0.29, 0.717) is 5.56 Å². The van der Waals surface area contributed by atoms with Gasteiger partial charge in [0.25, 0.3) is 10.0 Å². The molecule has 0 heterocycles. The molecule has 29 heavy (non-hydrogen) atoms. The van der Waals surface area contributed by atoms with E-state index >= 15 is 0 Å². The lowest BCUT2D eigenvalue weighted by atomic mass is 10.0. The molecule has 0 aliphatic carbocycles. The Hall–Kier alpha value is -2.75. The van der Waals surface area contributed by atoms with Crippen molar-refractivity contribution in [3.05, 3.63) is 99.7 Å². The molecule has 0 saturated carbocycles. The van der Waals surface area contributed by atoms with Crippen LogP contribution in [-0.2, 0) is 16.6 Å². The van der Waals surface area contributed by atoms with E-state index in [2.05, 4.69) is 4.72 Å². The molecular weight excluding hydrogens is 416 g/mol. The second kappa shape index (κ2) is 8.73. The summed E-state index contributed by atoms with van der Waals surface area (Å²) in [6, 6.07) is 18.4. The topological polar surface area (TPSA) is 110 Å². The van der Waals surface area contributed by atoms with Gasteiger partial charge in [0.05, 0.1) is 10.6 Å². The van der Waals surface area contributed by atoms with Crippen LogP contribution < -0.4 is 4.72 Å². The lowest BCUT2D eigenvalue weighted by Gasteiger charge is -2.21. The predicted octanol–water partition coefficient (Wildman–Crippen LogP) is 4.06. The number of nitrogens with zero attached hydrogens (tertiary/aromatic N) is 1. The molecule has 3 rings (SSSR count). The molecule has 0 aromatic heterocycles. The highest BCUT2D eigenvalue weighted by Gasteiger charge is 2.22. The molecule has 0 aliphatic heterocycles. The number of hydrogen-bond acceptors (Lipinski definition) is 6. The number of ketones is 1. The van der Waals surface area contributed by atoms with Crippen LogP contribution in [0.4, 0.5) is 5.69 Å². The Balaban J connectivity index is 2.02. The summed E-state index contributed by atoms with van der Waals surface area (Å²) < 4.78 is 28.3. The van der Waals surface area contributed by atoms with Crippen molar-refractivity contribution >= 4 is 33.1 Å². The summed E-state index contributed by atoms with van der Waals surface area (Å²) in [6.45, 7) is -0.534. The first kappa shape index (κ1) is 21.0. The smallest absolute Gasteiger partial charge is 0.262 e. The number of hydrogen-bond donors (Lipinski definition) is 2. The van der Waals surface area contributed by atoms with Gasteiger partial charge in [-0.15, -0.1) is 0 Å². The van der Waals surface area contributed by atoms with Crippen LogP contribution in [0.3, 0.4) is 0 Å². The highest BCUT2D eigenvalue weighted by atomic mass is 35.5. The third-order valence-corrected chi connectivity index (χ3v) is 5.78. The van der Waals surface area contributed by atoms with Crippen LogP contribution in [0, 0.1) is 5.21 Å². The minimum absolute atomic E-state index is 0.0426. The second-order valence-electron chi connectivity index (χ2n) is 6.11. The fourth-order valence-electron chi connectivity index (χ4n) is 2.78. The van der Waals surface area contributed by atoms with Gasteiger partial charge in [0.1, 0.15) is 0 Å². The van der Waals surface area contributed by atoms with E-state index < -0.39 is 22.4 Å². The molecule has 0 atom stereocenters. The van der Waals surface area contributed by atoms with Gasteiger partial charge in [-0.05, 0) is 29.8 Å². The number of rotatable bonds is 7. The van der Waals surface area contributed by atoms with Crippen LogP contribution in [0.25, 0.3) is 0 Å². The number of carbonyl (C=O) groups is 1. The van der Waals surface area contributed by atoms with Crippen LogP contribution >= 0.6 is 11.6 Å². The summed E-state index contributed by atoms with van der Waals surface area (Å²) in [5.41, 5.74) is 0.596. The number of nitrogens with one attached hydrogen (secondary N) is 1. The van der Waals surface area contributed by atoms with Gasteiger partial charge in [0.15, 0.2) is 5.78 Å². The van der Waals surface area contributed by atoms with Crippen molar-refractivity contribution in [3.63, 3.8) is 0 Å². The minimum Gasteiger partial charge on any atom is -0.762 e. The third-order valence-electron chi connectivity index (χ3n) is 4.07. The Bertz CT molecular complexity index is 1130. The molecule has 0 amide bonds. The number of halogens is 1. The van der Waals surface area contributed by atoms with Gasteiger partial charge in [-0.3, -0.25) is 14.7 Å².